The first-order valence-electron chi connectivity index (χ1n) is 3.01. The summed E-state index contributed by atoms with van der Waals surface area (Å²) in [5.41, 5.74) is -0.320. The minimum Gasteiger partial charge on any atom is -0.296 e. The molecule has 0 saturated carbocycles. The fraction of sp³-hybridized carbons (Fsp3) is 0. The molecule has 0 bridgehead atoms. The van der Waals surface area contributed by atoms with Gasteiger partial charge in [0.2, 0.25) is 0 Å². The van der Waals surface area contributed by atoms with Crippen LogP contribution in [0.4, 0.5) is 4.39 Å². The van der Waals surface area contributed by atoms with Crippen LogP contribution in [0.25, 0.3) is 0 Å². The quantitative estimate of drug-likeness (QED) is 0.553. The summed E-state index contributed by atoms with van der Waals surface area (Å²) in [5, 5.41) is -0.670. The van der Waals surface area contributed by atoms with Gasteiger partial charge in [-0.05, 0) is 0 Å². The van der Waals surface area contributed by atoms with E-state index < -0.39 is 19.9 Å². The SMILES string of the molecule is O=Cc1cc(F)cc(S(=O)(=O)Cl)n1. The van der Waals surface area contributed by atoms with Crippen molar-refractivity contribution in [2.75, 3.05) is 0 Å². The van der Waals surface area contributed by atoms with E-state index in [0.29, 0.717) is 6.07 Å². The minimum absolute atomic E-state index is 0.231. The molecule has 13 heavy (non-hydrogen) atoms. The van der Waals surface area contributed by atoms with Gasteiger partial charge in [0, 0.05) is 22.8 Å². The summed E-state index contributed by atoms with van der Waals surface area (Å²) >= 11 is 0. The molecule has 0 aromatic carbocycles. The first kappa shape index (κ1) is 10.1. The van der Waals surface area contributed by atoms with Crippen LogP contribution in [-0.2, 0) is 9.05 Å². The average molecular weight is 224 g/mol. The van der Waals surface area contributed by atoms with E-state index in [2.05, 4.69) is 4.98 Å². The summed E-state index contributed by atoms with van der Waals surface area (Å²) in [6, 6.07) is 1.44. The second kappa shape index (κ2) is 3.39. The van der Waals surface area contributed by atoms with Crippen molar-refractivity contribution >= 4 is 26.0 Å². The van der Waals surface area contributed by atoms with Crippen LogP contribution in [0.15, 0.2) is 17.2 Å². The zero-order valence-corrected chi connectivity index (χ0v) is 7.64. The first-order chi connectivity index (χ1) is 5.93. The Kier molecular flexibility index (Phi) is 2.63. The van der Waals surface area contributed by atoms with E-state index in [0.717, 1.165) is 6.07 Å². The molecule has 0 amide bonds. The average Bonchev–Trinajstić information content (AvgIpc) is 2.01. The van der Waals surface area contributed by atoms with Crippen LogP contribution in [0.5, 0.6) is 0 Å². The van der Waals surface area contributed by atoms with Crippen LogP contribution in [0, 0.1) is 5.82 Å². The summed E-state index contributed by atoms with van der Waals surface area (Å²) in [7, 11) is 0.791. The molecule has 0 spiro atoms. The second-order valence-electron chi connectivity index (χ2n) is 2.10. The highest BCUT2D eigenvalue weighted by atomic mass is 35.7. The van der Waals surface area contributed by atoms with Crippen molar-refractivity contribution in [2.24, 2.45) is 0 Å². The molecule has 70 valence electrons. The number of halogens is 2. The van der Waals surface area contributed by atoms with Crippen LogP contribution < -0.4 is 0 Å². The Hall–Kier alpha value is -1.01. The molecule has 1 aromatic rings. The van der Waals surface area contributed by atoms with Gasteiger partial charge in [-0.25, -0.2) is 17.8 Å². The molecule has 0 aliphatic heterocycles. The number of carbonyl (C=O) groups excluding carboxylic acids is 1. The highest BCUT2D eigenvalue weighted by Gasteiger charge is 2.14. The number of nitrogens with zero attached hydrogens (tertiary/aromatic N) is 1. The van der Waals surface area contributed by atoms with Crippen molar-refractivity contribution in [2.45, 2.75) is 5.03 Å². The van der Waals surface area contributed by atoms with E-state index in [1.54, 1.807) is 0 Å². The molecule has 0 radical (unpaired) electrons. The third-order valence-electron chi connectivity index (χ3n) is 1.16. The summed E-state index contributed by atoms with van der Waals surface area (Å²) < 4.78 is 34.0. The van der Waals surface area contributed by atoms with Crippen LogP contribution in [0.3, 0.4) is 0 Å². The lowest BCUT2D eigenvalue weighted by Crippen LogP contribution is -1.99. The Bertz CT molecular complexity index is 445. The number of hydrogen-bond acceptors (Lipinski definition) is 4. The minimum atomic E-state index is -4.10. The van der Waals surface area contributed by atoms with E-state index in [4.69, 9.17) is 10.7 Å². The largest absolute Gasteiger partial charge is 0.296 e. The highest BCUT2D eigenvalue weighted by molar-refractivity contribution is 8.13. The van der Waals surface area contributed by atoms with Gasteiger partial charge < -0.3 is 0 Å². The highest BCUT2D eigenvalue weighted by Crippen LogP contribution is 2.13. The van der Waals surface area contributed by atoms with Crippen molar-refractivity contribution in [3.05, 3.63) is 23.6 Å². The molecule has 1 heterocycles. The fourth-order valence-corrected chi connectivity index (χ4v) is 1.38. The van der Waals surface area contributed by atoms with Gasteiger partial charge in [-0.3, -0.25) is 4.79 Å². The van der Waals surface area contributed by atoms with Gasteiger partial charge in [0.1, 0.15) is 11.5 Å². The Morgan fingerprint density at radius 3 is 2.54 bits per heavy atom. The summed E-state index contributed by atoms with van der Waals surface area (Å²) in [4.78, 5) is 13.5. The topological polar surface area (TPSA) is 64.1 Å². The molecular weight excluding hydrogens is 221 g/mol. The van der Waals surface area contributed by atoms with Crippen LogP contribution >= 0.6 is 10.7 Å². The zero-order chi connectivity index (χ0) is 10.1. The van der Waals surface area contributed by atoms with Crippen LogP contribution in [0.1, 0.15) is 10.5 Å². The summed E-state index contributed by atoms with van der Waals surface area (Å²) in [5.74, 6) is -0.878. The molecule has 0 unspecified atom stereocenters. The van der Waals surface area contributed by atoms with Gasteiger partial charge in [0.15, 0.2) is 11.3 Å². The van der Waals surface area contributed by atoms with Crippen molar-refractivity contribution in [1.82, 2.24) is 4.98 Å². The predicted molar refractivity (Wildman–Crippen MR) is 42.6 cm³/mol. The Labute approximate surface area is 77.8 Å². The standard InChI is InChI=1S/C6H3ClFNO3S/c7-13(11,12)6-2-4(8)1-5(3-10)9-6/h1-3H. The molecule has 0 aliphatic rings. The number of hydrogen-bond donors (Lipinski definition) is 0. The van der Waals surface area contributed by atoms with E-state index >= 15 is 0 Å². The summed E-state index contributed by atoms with van der Waals surface area (Å²) in [6.45, 7) is 0. The van der Waals surface area contributed by atoms with Gasteiger partial charge >= 0.3 is 0 Å². The molecule has 0 N–H and O–H groups in total. The maximum absolute atomic E-state index is 12.6. The maximum Gasteiger partial charge on any atom is 0.278 e. The number of aromatic nitrogens is 1. The number of rotatable bonds is 2. The molecule has 4 nitrogen and oxygen atoms in total. The second-order valence-corrected chi connectivity index (χ2v) is 4.62. The number of aldehydes is 1. The lowest BCUT2D eigenvalue weighted by Gasteiger charge is -1.96. The van der Waals surface area contributed by atoms with Crippen molar-refractivity contribution in [1.29, 1.82) is 0 Å². The predicted octanol–water partition coefficient (Wildman–Crippen LogP) is 0.961. The molecule has 1 rings (SSSR count). The zero-order valence-electron chi connectivity index (χ0n) is 6.07. The van der Waals surface area contributed by atoms with E-state index in [1.165, 1.54) is 0 Å². The van der Waals surface area contributed by atoms with Crippen LogP contribution in [0.2, 0.25) is 0 Å². The van der Waals surface area contributed by atoms with Gasteiger partial charge in [-0.1, -0.05) is 0 Å². The number of pyridine rings is 1. The normalized spacial score (nSPS) is 11.2. The number of carbonyl (C=O) groups is 1. The maximum atomic E-state index is 12.6. The third kappa shape index (κ3) is 2.46. The lowest BCUT2D eigenvalue weighted by molar-refractivity contribution is 0.111. The van der Waals surface area contributed by atoms with Crippen molar-refractivity contribution < 1.29 is 17.6 Å². The smallest absolute Gasteiger partial charge is 0.278 e. The molecular formula is C6H3ClFNO3S. The molecule has 0 aliphatic carbocycles. The third-order valence-corrected chi connectivity index (χ3v) is 2.34. The Balaban J connectivity index is 3.41. The fourth-order valence-electron chi connectivity index (χ4n) is 0.678. The van der Waals surface area contributed by atoms with Gasteiger partial charge in [-0.15, -0.1) is 0 Å². The summed E-state index contributed by atoms with van der Waals surface area (Å²) in [6.07, 6.45) is 0.231. The van der Waals surface area contributed by atoms with Gasteiger partial charge in [0.25, 0.3) is 9.05 Å². The first-order valence-corrected chi connectivity index (χ1v) is 5.32. The van der Waals surface area contributed by atoms with Crippen molar-refractivity contribution in [3.63, 3.8) is 0 Å². The molecule has 0 saturated heterocycles. The van der Waals surface area contributed by atoms with E-state index in [-0.39, 0.29) is 12.0 Å². The molecule has 0 atom stereocenters. The van der Waals surface area contributed by atoms with Gasteiger partial charge in [-0.2, -0.15) is 0 Å². The van der Waals surface area contributed by atoms with E-state index in [9.17, 15) is 17.6 Å². The monoisotopic (exact) mass is 223 g/mol. The van der Waals surface area contributed by atoms with Gasteiger partial charge in [0.05, 0.1) is 0 Å². The Morgan fingerprint density at radius 1 is 1.46 bits per heavy atom. The van der Waals surface area contributed by atoms with Crippen molar-refractivity contribution in [3.8, 4) is 0 Å². The Morgan fingerprint density at radius 2 is 2.08 bits per heavy atom. The van der Waals surface area contributed by atoms with Crippen LogP contribution in [-0.4, -0.2) is 19.7 Å². The van der Waals surface area contributed by atoms with E-state index in [1.807, 2.05) is 0 Å². The molecule has 0 fully saturated rings. The molecule has 7 heteroatoms. The molecule has 1 aromatic heterocycles. The lowest BCUT2D eigenvalue weighted by atomic mass is 10.4.